The molecule has 0 fully saturated rings. The van der Waals surface area contributed by atoms with Crippen LogP contribution in [0, 0.1) is 0 Å². The van der Waals surface area contributed by atoms with Crippen LogP contribution in [-0.2, 0) is 32.9 Å². The van der Waals surface area contributed by atoms with E-state index in [1.165, 1.54) is 70.6 Å². The van der Waals surface area contributed by atoms with E-state index in [0.717, 1.165) is 51.5 Å². The lowest BCUT2D eigenvalue weighted by Crippen LogP contribution is -2.29. The number of phosphoric acid groups is 1. The summed E-state index contributed by atoms with van der Waals surface area (Å²) in [5.74, 6) is -0.870. The van der Waals surface area contributed by atoms with Crippen molar-refractivity contribution in [3.05, 3.63) is 0 Å². The van der Waals surface area contributed by atoms with E-state index in [1.807, 2.05) is 0 Å². The highest BCUT2D eigenvalue weighted by atomic mass is 31.2. The van der Waals surface area contributed by atoms with Gasteiger partial charge in [0.15, 0.2) is 6.10 Å². The summed E-state index contributed by atoms with van der Waals surface area (Å²) in [4.78, 5) is 53.1. The van der Waals surface area contributed by atoms with Crippen molar-refractivity contribution < 1.29 is 42.7 Å². The van der Waals surface area contributed by atoms with Crippen LogP contribution >= 0.6 is 7.82 Å². The number of hydrogen-bond acceptors (Lipinski definition) is 7. The lowest BCUT2D eigenvalue weighted by atomic mass is 10.0. The van der Waals surface area contributed by atoms with E-state index in [4.69, 9.17) is 19.3 Å². The molecule has 0 heterocycles. The molecule has 0 bridgehead atoms. The first-order valence-corrected chi connectivity index (χ1v) is 18.0. The van der Waals surface area contributed by atoms with Gasteiger partial charge in [-0.25, -0.2) is 4.57 Å². The van der Waals surface area contributed by atoms with Gasteiger partial charge in [0, 0.05) is 26.3 Å². The summed E-state index contributed by atoms with van der Waals surface area (Å²) in [5.41, 5.74) is 0. The van der Waals surface area contributed by atoms with E-state index >= 15 is 0 Å². The van der Waals surface area contributed by atoms with Gasteiger partial charge >= 0.3 is 19.8 Å². The first kappa shape index (κ1) is 40.5. The van der Waals surface area contributed by atoms with Crippen LogP contribution in [0.5, 0.6) is 0 Å². The molecule has 0 aliphatic heterocycles. The Morgan fingerprint density at radius 3 is 1.52 bits per heavy atom. The number of unbranched alkanes of at least 4 members (excludes halogenated alkanes) is 18. The monoisotopic (exact) mass is 621 g/mol. The zero-order valence-electron chi connectivity index (χ0n) is 26.5. The quantitative estimate of drug-likeness (QED) is 0.0427. The van der Waals surface area contributed by atoms with Crippen molar-refractivity contribution in [2.45, 2.75) is 161 Å². The first-order chi connectivity index (χ1) is 20.1. The molecule has 0 rings (SSSR count). The van der Waals surface area contributed by atoms with Crippen molar-refractivity contribution in [2.75, 3.05) is 19.8 Å². The van der Waals surface area contributed by atoms with Gasteiger partial charge in [-0.2, -0.15) is 0 Å². The summed E-state index contributed by atoms with van der Waals surface area (Å²) >= 11 is 0. The Kier molecular flexibility index (Phi) is 27.3. The third-order valence-electron chi connectivity index (χ3n) is 7.07. The average molecular weight is 622 g/mol. The molecule has 1 amide bonds. The number of phosphoric ester groups is 1. The maximum Gasteiger partial charge on any atom is 0.469 e. The molecule has 0 aromatic carbocycles. The first-order valence-electron chi connectivity index (χ1n) is 16.4. The lowest BCUT2D eigenvalue weighted by molar-refractivity contribution is -0.161. The fraction of sp³-hybridized carbons (Fsp3) is 0.903. The van der Waals surface area contributed by atoms with Crippen LogP contribution in [0.2, 0.25) is 0 Å². The minimum atomic E-state index is -4.74. The average Bonchev–Trinajstić information content (AvgIpc) is 2.93. The van der Waals surface area contributed by atoms with Crippen LogP contribution in [0.15, 0.2) is 0 Å². The van der Waals surface area contributed by atoms with Crippen LogP contribution in [0.3, 0.4) is 0 Å². The molecule has 11 heteroatoms. The number of rotatable bonds is 30. The van der Waals surface area contributed by atoms with Crippen LogP contribution in [0.1, 0.15) is 155 Å². The van der Waals surface area contributed by atoms with E-state index in [0.29, 0.717) is 12.8 Å². The van der Waals surface area contributed by atoms with Crippen LogP contribution in [0.25, 0.3) is 0 Å². The van der Waals surface area contributed by atoms with Gasteiger partial charge in [-0.1, -0.05) is 116 Å². The summed E-state index contributed by atoms with van der Waals surface area (Å²) in [5, 5.41) is 2.83. The Morgan fingerprint density at radius 1 is 0.643 bits per heavy atom. The van der Waals surface area contributed by atoms with Crippen LogP contribution in [0.4, 0.5) is 0 Å². The van der Waals surface area contributed by atoms with Gasteiger partial charge in [-0.05, 0) is 19.3 Å². The highest BCUT2D eigenvalue weighted by Crippen LogP contribution is 2.35. The molecule has 1 atom stereocenters. The van der Waals surface area contributed by atoms with Gasteiger partial charge in [0.2, 0.25) is 5.91 Å². The molecule has 248 valence electrons. The molecule has 0 saturated heterocycles. The number of nitrogens with one attached hydrogen (secondary N) is 1. The smallest absolute Gasteiger partial charge is 0.462 e. The van der Waals surface area contributed by atoms with E-state index in [9.17, 15) is 18.9 Å². The standard InChI is InChI=1S/C31H60NO9P/c1-3-4-5-6-14-18-21-24-31(35)41-29(27-40-42(36,37)38)26-39-30(34)23-20-17-15-12-10-8-7-9-11-13-16-19-22-25-32-28(2)33/h29H,3-27H2,1-2H3,(H,32,33)(H2,36,37,38)/t29-/m0/s1. The van der Waals surface area contributed by atoms with Crippen molar-refractivity contribution in [2.24, 2.45) is 0 Å². The summed E-state index contributed by atoms with van der Waals surface area (Å²) in [6.07, 6.45) is 21.6. The molecule has 0 unspecified atom stereocenters. The molecule has 0 saturated carbocycles. The largest absolute Gasteiger partial charge is 0.469 e. The maximum absolute atomic E-state index is 12.2. The zero-order chi connectivity index (χ0) is 31.3. The lowest BCUT2D eigenvalue weighted by Gasteiger charge is -2.18. The number of hydrogen-bond donors (Lipinski definition) is 3. The number of ether oxygens (including phenoxy) is 2. The minimum absolute atomic E-state index is 0.0437. The fourth-order valence-corrected chi connectivity index (χ4v) is 4.99. The molecule has 3 N–H and O–H groups in total. The molecule has 0 aromatic rings. The molecule has 0 aliphatic carbocycles. The van der Waals surface area contributed by atoms with E-state index < -0.39 is 32.5 Å². The predicted octanol–water partition coefficient (Wildman–Crippen LogP) is 7.29. The summed E-state index contributed by atoms with van der Waals surface area (Å²) in [6, 6.07) is 0. The third-order valence-corrected chi connectivity index (χ3v) is 7.56. The van der Waals surface area contributed by atoms with Crippen LogP contribution < -0.4 is 5.32 Å². The van der Waals surface area contributed by atoms with Gasteiger partial charge < -0.3 is 24.6 Å². The Labute approximate surface area is 254 Å². The van der Waals surface area contributed by atoms with Gasteiger partial charge in [0.05, 0.1) is 6.61 Å². The van der Waals surface area contributed by atoms with Crippen LogP contribution in [-0.4, -0.2) is 53.5 Å². The van der Waals surface area contributed by atoms with Crippen molar-refractivity contribution in [3.8, 4) is 0 Å². The number of amides is 1. The highest BCUT2D eigenvalue weighted by Gasteiger charge is 2.22. The Hall–Kier alpha value is -1.48. The van der Waals surface area contributed by atoms with Crippen molar-refractivity contribution >= 4 is 25.7 Å². The van der Waals surface area contributed by atoms with E-state index in [-0.39, 0.29) is 25.4 Å². The van der Waals surface area contributed by atoms with Crippen molar-refractivity contribution in [1.82, 2.24) is 5.32 Å². The van der Waals surface area contributed by atoms with Gasteiger partial charge in [-0.3, -0.25) is 18.9 Å². The highest BCUT2D eigenvalue weighted by molar-refractivity contribution is 7.46. The molecular formula is C31H60NO9P. The summed E-state index contributed by atoms with van der Waals surface area (Å²) < 4.78 is 26.1. The zero-order valence-corrected chi connectivity index (χ0v) is 27.3. The Bertz CT molecular complexity index is 729. The molecule has 0 radical (unpaired) electrons. The summed E-state index contributed by atoms with van der Waals surface area (Å²) in [6.45, 7) is 3.66. The topological polar surface area (TPSA) is 148 Å². The Morgan fingerprint density at radius 2 is 1.07 bits per heavy atom. The van der Waals surface area contributed by atoms with Gasteiger partial charge in [0.1, 0.15) is 6.61 Å². The van der Waals surface area contributed by atoms with Crippen molar-refractivity contribution in [3.63, 3.8) is 0 Å². The molecule has 0 aromatic heterocycles. The number of carbonyl (C=O) groups is 3. The molecule has 0 aliphatic rings. The van der Waals surface area contributed by atoms with E-state index in [1.54, 1.807) is 6.92 Å². The number of carbonyl (C=O) groups excluding carboxylic acids is 3. The molecule has 42 heavy (non-hydrogen) atoms. The second-order valence-electron chi connectivity index (χ2n) is 11.3. The maximum atomic E-state index is 12.2. The second-order valence-corrected chi connectivity index (χ2v) is 12.5. The molecule has 0 spiro atoms. The minimum Gasteiger partial charge on any atom is -0.462 e. The second kappa shape index (κ2) is 28.3. The third kappa shape index (κ3) is 31.5. The van der Waals surface area contributed by atoms with Gasteiger partial charge in [0.25, 0.3) is 0 Å². The summed E-state index contributed by atoms with van der Waals surface area (Å²) in [7, 11) is -4.74. The fourth-order valence-electron chi connectivity index (χ4n) is 4.63. The predicted molar refractivity (Wildman–Crippen MR) is 165 cm³/mol. The van der Waals surface area contributed by atoms with Gasteiger partial charge in [-0.15, -0.1) is 0 Å². The van der Waals surface area contributed by atoms with E-state index in [2.05, 4.69) is 16.8 Å². The Balaban J connectivity index is 3.87. The molecular weight excluding hydrogens is 561 g/mol. The SMILES string of the molecule is CCCCCCCCCC(=O)O[C@@H](COC(=O)CCCCCCCCCCCCCCCNC(C)=O)COP(=O)(O)O. The molecule has 10 nitrogen and oxygen atoms in total. The normalized spacial score (nSPS) is 12.2. The number of esters is 2. The van der Waals surface area contributed by atoms with Crippen molar-refractivity contribution in [1.29, 1.82) is 0 Å².